The van der Waals surface area contributed by atoms with E-state index in [-0.39, 0.29) is 0 Å². The van der Waals surface area contributed by atoms with Gasteiger partial charge in [0.15, 0.2) is 0 Å². The molecule has 2 N–H and O–H groups in total. The molecule has 0 spiro atoms. The fourth-order valence-electron chi connectivity index (χ4n) is 2.28. The summed E-state index contributed by atoms with van der Waals surface area (Å²) < 4.78 is 0. The number of thiocarbonyl (C=S) groups is 1. The van der Waals surface area contributed by atoms with E-state index in [1.165, 1.54) is 32.1 Å². The highest BCUT2D eigenvalue weighted by Crippen LogP contribution is 2.23. The number of rotatable bonds is 4. The molecule has 0 saturated heterocycles. The van der Waals surface area contributed by atoms with Crippen molar-refractivity contribution in [3.05, 3.63) is 0 Å². The van der Waals surface area contributed by atoms with E-state index in [9.17, 15) is 0 Å². The summed E-state index contributed by atoms with van der Waals surface area (Å²) >= 11 is 4.94. The molecule has 0 heterocycles. The molecule has 0 bridgehead atoms. The smallest absolute Gasteiger partial charge is 0.0742 e. The summed E-state index contributed by atoms with van der Waals surface area (Å²) in [5.74, 6) is 0. The number of hydrogen-bond acceptors (Lipinski definition) is 2. The first-order valence-corrected chi connectivity index (χ1v) is 6.02. The average molecular weight is 214 g/mol. The summed E-state index contributed by atoms with van der Waals surface area (Å²) in [6.07, 6.45) is 7.72. The van der Waals surface area contributed by atoms with Gasteiger partial charge >= 0.3 is 0 Å². The van der Waals surface area contributed by atoms with Crippen LogP contribution in [0.25, 0.3) is 0 Å². The molecular weight excluding hydrogens is 192 g/mol. The third-order valence-electron chi connectivity index (χ3n) is 3.34. The van der Waals surface area contributed by atoms with E-state index >= 15 is 0 Å². The van der Waals surface area contributed by atoms with Crippen molar-refractivity contribution >= 4 is 17.2 Å². The molecule has 0 aromatic heterocycles. The SMILES string of the molecule is CC(CC(N)=S)N(C)C1CCCCC1. The Morgan fingerprint density at radius 1 is 1.43 bits per heavy atom. The summed E-state index contributed by atoms with van der Waals surface area (Å²) in [6, 6.07) is 1.25. The van der Waals surface area contributed by atoms with Crippen molar-refractivity contribution < 1.29 is 0 Å². The minimum atomic E-state index is 0.496. The Bertz CT molecular complexity index is 188. The second-order valence-electron chi connectivity index (χ2n) is 4.48. The molecule has 1 fully saturated rings. The highest BCUT2D eigenvalue weighted by Gasteiger charge is 2.21. The van der Waals surface area contributed by atoms with Crippen LogP contribution in [0.5, 0.6) is 0 Å². The van der Waals surface area contributed by atoms with Crippen LogP contribution in [0.2, 0.25) is 0 Å². The minimum absolute atomic E-state index is 0.496. The molecule has 3 heteroatoms. The maximum absolute atomic E-state index is 5.57. The molecule has 82 valence electrons. The van der Waals surface area contributed by atoms with Crippen molar-refractivity contribution in [3.63, 3.8) is 0 Å². The van der Waals surface area contributed by atoms with Crippen LogP contribution in [0, 0.1) is 0 Å². The molecule has 1 unspecified atom stereocenters. The summed E-state index contributed by atoms with van der Waals surface area (Å²) in [7, 11) is 2.21. The third-order valence-corrected chi connectivity index (χ3v) is 3.51. The normalized spacial score (nSPS) is 21.1. The lowest BCUT2D eigenvalue weighted by Crippen LogP contribution is -2.41. The molecule has 1 rings (SSSR count). The third kappa shape index (κ3) is 3.54. The molecular formula is C11H22N2S. The molecule has 1 saturated carbocycles. The summed E-state index contributed by atoms with van der Waals surface area (Å²) in [6.45, 7) is 2.22. The highest BCUT2D eigenvalue weighted by molar-refractivity contribution is 7.80. The Labute approximate surface area is 92.8 Å². The molecule has 14 heavy (non-hydrogen) atoms. The fraction of sp³-hybridized carbons (Fsp3) is 0.909. The summed E-state index contributed by atoms with van der Waals surface area (Å²) in [5, 5.41) is 0. The standard InChI is InChI=1S/C11H22N2S/c1-9(8-11(12)14)13(2)10-6-4-3-5-7-10/h9-10H,3-8H2,1-2H3,(H2,12,14). The predicted octanol–water partition coefficient (Wildman–Crippen LogP) is 2.32. The lowest BCUT2D eigenvalue weighted by molar-refractivity contribution is 0.149. The number of nitrogens with two attached hydrogens (primary N) is 1. The van der Waals surface area contributed by atoms with Gasteiger partial charge in [-0.3, -0.25) is 0 Å². The van der Waals surface area contributed by atoms with E-state index in [0.717, 1.165) is 12.5 Å². The van der Waals surface area contributed by atoms with E-state index < -0.39 is 0 Å². The summed E-state index contributed by atoms with van der Waals surface area (Å²) in [5.41, 5.74) is 5.57. The lowest BCUT2D eigenvalue weighted by Gasteiger charge is -2.35. The zero-order valence-corrected chi connectivity index (χ0v) is 10.1. The van der Waals surface area contributed by atoms with Gasteiger partial charge < -0.3 is 10.6 Å². The van der Waals surface area contributed by atoms with Crippen LogP contribution < -0.4 is 5.73 Å². The fourth-order valence-corrected chi connectivity index (χ4v) is 2.52. The van der Waals surface area contributed by atoms with Gasteiger partial charge in [-0.25, -0.2) is 0 Å². The Morgan fingerprint density at radius 3 is 2.50 bits per heavy atom. The molecule has 1 atom stereocenters. The van der Waals surface area contributed by atoms with Crippen LogP contribution >= 0.6 is 12.2 Å². The van der Waals surface area contributed by atoms with Crippen LogP contribution in [-0.4, -0.2) is 29.0 Å². The van der Waals surface area contributed by atoms with E-state index in [1.54, 1.807) is 0 Å². The van der Waals surface area contributed by atoms with Gasteiger partial charge in [-0.1, -0.05) is 31.5 Å². The van der Waals surface area contributed by atoms with Crippen LogP contribution in [0.15, 0.2) is 0 Å². The van der Waals surface area contributed by atoms with Crippen LogP contribution in [-0.2, 0) is 0 Å². The lowest BCUT2D eigenvalue weighted by atomic mass is 9.93. The van der Waals surface area contributed by atoms with Gasteiger partial charge in [0, 0.05) is 18.5 Å². The van der Waals surface area contributed by atoms with E-state index in [0.29, 0.717) is 11.0 Å². The van der Waals surface area contributed by atoms with Crippen LogP contribution in [0.1, 0.15) is 45.4 Å². The second-order valence-corrected chi connectivity index (χ2v) is 5.00. The van der Waals surface area contributed by atoms with E-state index in [1.807, 2.05) is 0 Å². The highest BCUT2D eigenvalue weighted by atomic mass is 32.1. The van der Waals surface area contributed by atoms with Crippen LogP contribution in [0.3, 0.4) is 0 Å². The topological polar surface area (TPSA) is 29.3 Å². The molecule has 0 aliphatic heterocycles. The molecule has 0 aromatic carbocycles. The minimum Gasteiger partial charge on any atom is -0.393 e. The Kier molecular flexibility index (Phi) is 4.82. The molecule has 0 amide bonds. The largest absolute Gasteiger partial charge is 0.393 e. The molecule has 0 aromatic rings. The van der Waals surface area contributed by atoms with Gasteiger partial charge in [0.2, 0.25) is 0 Å². The number of nitrogens with zero attached hydrogens (tertiary/aromatic N) is 1. The van der Waals surface area contributed by atoms with Crippen molar-refractivity contribution in [1.82, 2.24) is 4.90 Å². The van der Waals surface area contributed by atoms with Crippen molar-refractivity contribution in [2.24, 2.45) is 5.73 Å². The molecule has 0 radical (unpaired) electrons. The number of hydrogen-bond donors (Lipinski definition) is 1. The Hall–Kier alpha value is -0.150. The van der Waals surface area contributed by atoms with Crippen molar-refractivity contribution in [3.8, 4) is 0 Å². The van der Waals surface area contributed by atoms with E-state index in [2.05, 4.69) is 18.9 Å². The Morgan fingerprint density at radius 2 is 2.00 bits per heavy atom. The zero-order valence-electron chi connectivity index (χ0n) is 9.33. The maximum Gasteiger partial charge on any atom is 0.0742 e. The van der Waals surface area contributed by atoms with Crippen molar-refractivity contribution in [2.45, 2.75) is 57.5 Å². The first-order valence-electron chi connectivity index (χ1n) is 5.61. The van der Waals surface area contributed by atoms with E-state index in [4.69, 9.17) is 18.0 Å². The van der Waals surface area contributed by atoms with Crippen LogP contribution in [0.4, 0.5) is 0 Å². The quantitative estimate of drug-likeness (QED) is 0.728. The molecule has 1 aliphatic rings. The monoisotopic (exact) mass is 214 g/mol. The van der Waals surface area contributed by atoms with Gasteiger partial charge in [-0.2, -0.15) is 0 Å². The van der Waals surface area contributed by atoms with Gasteiger partial charge in [0.1, 0.15) is 0 Å². The zero-order chi connectivity index (χ0) is 10.6. The van der Waals surface area contributed by atoms with Crippen molar-refractivity contribution in [2.75, 3.05) is 7.05 Å². The predicted molar refractivity (Wildman–Crippen MR) is 65.5 cm³/mol. The molecule has 1 aliphatic carbocycles. The average Bonchev–Trinajstić information content (AvgIpc) is 2.17. The van der Waals surface area contributed by atoms with Gasteiger partial charge in [-0.05, 0) is 26.8 Å². The summed E-state index contributed by atoms with van der Waals surface area (Å²) in [4.78, 5) is 3.10. The van der Waals surface area contributed by atoms with Gasteiger partial charge in [0.05, 0.1) is 4.99 Å². The maximum atomic E-state index is 5.57. The Balaban J connectivity index is 2.37. The second kappa shape index (κ2) is 5.66. The van der Waals surface area contributed by atoms with Gasteiger partial charge in [-0.15, -0.1) is 0 Å². The molecule has 2 nitrogen and oxygen atoms in total. The first kappa shape index (κ1) is 11.9. The van der Waals surface area contributed by atoms with Gasteiger partial charge in [0.25, 0.3) is 0 Å². The van der Waals surface area contributed by atoms with Crippen molar-refractivity contribution in [1.29, 1.82) is 0 Å². The first-order chi connectivity index (χ1) is 6.61.